The fourth-order valence-corrected chi connectivity index (χ4v) is 2.11. The Morgan fingerprint density at radius 2 is 2.22 bits per heavy atom. The number of aryl methyl sites for hydroxylation is 1. The van der Waals surface area contributed by atoms with Crippen molar-refractivity contribution in [2.45, 2.75) is 26.2 Å². The van der Waals surface area contributed by atoms with Crippen LogP contribution >= 0.6 is 0 Å². The van der Waals surface area contributed by atoms with E-state index in [4.69, 9.17) is 4.74 Å². The molecule has 2 rings (SSSR count). The minimum absolute atomic E-state index is 0.0145. The van der Waals surface area contributed by atoms with Gasteiger partial charge in [-0.3, -0.25) is 9.59 Å². The number of amides is 1. The second kappa shape index (κ2) is 5.67. The summed E-state index contributed by atoms with van der Waals surface area (Å²) in [5.74, 6) is 0.715. The van der Waals surface area contributed by atoms with E-state index in [9.17, 15) is 9.59 Å². The van der Waals surface area contributed by atoms with E-state index in [-0.39, 0.29) is 18.3 Å². The van der Waals surface area contributed by atoms with E-state index in [1.165, 1.54) is 0 Å². The van der Waals surface area contributed by atoms with Crippen LogP contribution in [0.1, 0.15) is 35.7 Å². The lowest BCUT2D eigenvalue weighted by Gasteiger charge is -2.15. The van der Waals surface area contributed by atoms with Crippen LogP contribution < -0.4 is 10.1 Å². The fourth-order valence-electron chi connectivity index (χ4n) is 2.11. The average molecular weight is 247 g/mol. The fraction of sp³-hybridized carbons (Fsp3) is 0.429. The summed E-state index contributed by atoms with van der Waals surface area (Å²) in [7, 11) is 0. The number of carbonyl (C=O) groups is 2. The third-order valence-electron chi connectivity index (χ3n) is 2.97. The van der Waals surface area contributed by atoms with Gasteiger partial charge in [-0.2, -0.15) is 0 Å². The maximum absolute atomic E-state index is 11.6. The molecule has 0 bridgehead atoms. The predicted octanol–water partition coefficient (Wildman–Crippen LogP) is 1.72. The molecule has 1 aliphatic carbocycles. The number of rotatable bonds is 4. The summed E-state index contributed by atoms with van der Waals surface area (Å²) in [4.78, 5) is 22.9. The van der Waals surface area contributed by atoms with Crippen molar-refractivity contribution < 1.29 is 14.3 Å². The lowest BCUT2D eigenvalue weighted by Crippen LogP contribution is -2.28. The molecule has 1 amide bonds. The molecular weight excluding hydrogens is 230 g/mol. The molecule has 1 aliphatic rings. The molecule has 0 saturated heterocycles. The van der Waals surface area contributed by atoms with Crippen molar-refractivity contribution in [3.05, 3.63) is 29.3 Å². The SMILES string of the molecule is CCNC(=O)COc1ccc2c(c1)CCCC2=O. The molecule has 0 fully saturated rings. The molecule has 0 heterocycles. The van der Waals surface area contributed by atoms with Crippen LogP contribution in [0.2, 0.25) is 0 Å². The first-order valence-electron chi connectivity index (χ1n) is 6.26. The van der Waals surface area contributed by atoms with Gasteiger partial charge in [0, 0.05) is 18.5 Å². The highest BCUT2D eigenvalue weighted by Crippen LogP contribution is 2.25. The molecule has 1 N–H and O–H groups in total. The lowest BCUT2D eigenvalue weighted by atomic mass is 9.91. The highest BCUT2D eigenvalue weighted by atomic mass is 16.5. The zero-order valence-corrected chi connectivity index (χ0v) is 10.5. The van der Waals surface area contributed by atoms with Crippen LogP contribution in [0.3, 0.4) is 0 Å². The van der Waals surface area contributed by atoms with Crippen LogP contribution in [0.5, 0.6) is 5.75 Å². The molecule has 0 aromatic heterocycles. The molecule has 0 unspecified atom stereocenters. The smallest absolute Gasteiger partial charge is 0.257 e. The van der Waals surface area contributed by atoms with Crippen molar-refractivity contribution in [3.63, 3.8) is 0 Å². The quantitative estimate of drug-likeness (QED) is 0.881. The molecule has 4 nitrogen and oxygen atoms in total. The van der Waals surface area contributed by atoms with Crippen LogP contribution in [-0.2, 0) is 11.2 Å². The first-order chi connectivity index (χ1) is 8.70. The van der Waals surface area contributed by atoms with E-state index in [0.29, 0.717) is 18.7 Å². The number of Topliss-reactive ketones (excluding diaryl/α,β-unsaturated/α-hetero) is 1. The van der Waals surface area contributed by atoms with E-state index in [2.05, 4.69) is 5.32 Å². The molecule has 0 saturated carbocycles. The number of carbonyl (C=O) groups excluding carboxylic acids is 2. The van der Waals surface area contributed by atoms with Gasteiger partial charge in [-0.05, 0) is 43.5 Å². The standard InChI is InChI=1S/C14H17NO3/c1-2-15-14(17)9-18-11-6-7-12-10(8-11)4-3-5-13(12)16/h6-8H,2-5,9H2,1H3,(H,15,17). The van der Waals surface area contributed by atoms with Gasteiger partial charge in [-0.1, -0.05) is 0 Å². The second-order valence-electron chi connectivity index (χ2n) is 4.34. The van der Waals surface area contributed by atoms with Gasteiger partial charge < -0.3 is 10.1 Å². The van der Waals surface area contributed by atoms with Crippen LogP contribution in [0.25, 0.3) is 0 Å². The maximum Gasteiger partial charge on any atom is 0.257 e. The Balaban J connectivity index is 2.03. The van der Waals surface area contributed by atoms with Crippen LogP contribution in [0.4, 0.5) is 0 Å². The summed E-state index contributed by atoms with van der Waals surface area (Å²) in [6.07, 6.45) is 2.43. The van der Waals surface area contributed by atoms with Crippen molar-refractivity contribution in [3.8, 4) is 5.75 Å². The number of fused-ring (bicyclic) bond motifs is 1. The summed E-state index contributed by atoms with van der Waals surface area (Å²) < 4.78 is 5.40. The molecule has 4 heteroatoms. The van der Waals surface area contributed by atoms with Gasteiger partial charge >= 0.3 is 0 Å². The zero-order valence-electron chi connectivity index (χ0n) is 10.5. The van der Waals surface area contributed by atoms with Gasteiger partial charge in [0.15, 0.2) is 12.4 Å². The molecule has 18 heavy (non-hydrogen) atoms. The zero-order chi connectivity index (χ0) is 13.0. The average Bonchev–Trinajstić information content (AvgIpc) is 2.37. The summed E-state index contributed by atoms with van der Waals surface area (Å²) in [6, 6.07) is 5.41. The number of hydrogen-bond acceptors (Lipinski definition) is 3. The molecule has 0 radical (unpaired) electrons. The molecule has 0 spiro atoms. The van der Waals surface area contributed by atoms with E-state index in [1.807, 2.05) is 13.0 Å². The number of hydrogen-bond donors (Lipinski definition) is 1. The molecule has 1 aromatic carbocycles. The summed E-state index contributed by atoms with van der Waals surface area (Å²) >= 11 is 0. The largest absolute Gasteiger partial charge is 0.484 e. The Hall–Kier alpha value is -1.84. The Bertz CT molecular complexity index is 468. The Labute approximate surface area is 106 Å². The molecular formula is C14H17NO3. The van der Waals surface area contributed by atoms with Gasteiger partial charge in [0.25, 0.3) is 5.91 Å². The topological polar surface area (TPSA) is 55.4 Å². The summed E-state index contributed by atoms with van der Waals surface area (Å²) in [5.41, 5.74) is 1.83. The van der Waals surface area contributed by atoms with Crippen molar-refractivity contribution in [1.29, 1.82) is 0 Å². The Morgan fingerprint density at radius 1 is 1.39 bits per heavy atom. The Morgan fingerprint density at radius 3 is 3.00 bits per heavy atom. The molecule has 1 aromatic rings. The lowest BCUT2D eigenvalue weighted by molar-refractivity contribution is -0.122. The second-order valence-corrected chi connectivity index (χ2v) is 4.34. The number of likely N-dealkylation sites (N-methyl/N-ethyl adjacent to an activating group) is 1. The van der Waals surface area contributed by atoms with Crippen molar-refractivity contribution in [1.82, 2.24) is 5.32 Å². The predicted molar refractivity (Wildman–Crippen MR) is 67.9 cm³/mol. The van der Waals surface area contributed by atoms with Crippen molar-refractivity contribution in [2.75, 3.05) is 13.2 Å². The van der Waals surface area contributed by atoms with Gasteiger partial charge in [-0.15, -0.1) is 0 Å². The normalized spacial score (nSPS) is 13.9. The summed E-state index contributed by atoms with van der Waals surface area (Å²) in [6.45, 7) is 2.48. The highest BCUT2D eigenvalue weighted by molar-refractivity contribution is 5.98. The van der Waals surface area contributed by atoms with Crippen LogP contribution in [0.15, 0.2) is 18.2 Å². The minimum atomic E-state index is -0.133. The Kier molecular flexibility index (Phi) is 3.97. The van der Waals surface area contributed by atoms with Crippen LogP contribution in [-0.4, -0.2) is 24.8 Å². The maximum atomic E-state index is 11.6. The highest BCUT2D eigenvalue weighted by Gasteiger charge is 2.17. The van der Waals surface area contributed by atoms with Gasteiger partial charge in [0.05, 0.1) is 0 Å². The van der Waals surface area contributed by atoms with E-state index in [1.54, 1.807) is 12.1 Å². The number of nitrogens with one attached hydrogen (secondary N) is 1. The summed E-state index contributed by atoms with van der Waals surface area (Å²) in [5, 5.41) is 2.67. The number of benzene rings is 1. The first kappa shape index (κ1) is 12.6. The van der Waals surface area contributed by atoms with Gasteiger partial charge in [-0.25, -0.2) is 0 Å². The number of ether oxygens (including phenoxy) is 1. The van der Waals surface area contributed by atoms with Crippen molar-refractivity contribution in [2.24, 2.45) is 0 Å². The van der Waals surface area contributed by atoms with Gasteiger partial charge in [0.2, 0.25) is 0 Å². The molecule has 0 atom stereocenters. The van der Waals surface area contributed by atoms with E-state index >= 15 is 0 Å². The van der Waals surface area contributed by atoms with E-state index < -0.39 is 0 Å². The van der Waals surface area contributed by atoms with E-state index in [0.717, 1.165) is 24.0 Å². The number of ketones is 1. The van der Waals surface area contributed by atoms with Gasteiger partial charge in [0.1, 0.15) is 5.75 Å². The third-order valence-corrected chi connectivity index (χ3v) is 2.97. The monoisotopic (exact) mass is 247 g/mol. The minimum Gasteiger partial charge on any atom is -0.484 e. The van der Waals surface area contributed by atoms with Crippen LogP contribution in [0, 0.1) is 0 Å². The van der Waals surface area contributed by atoms with Crippen molar-refractivity contribution >= 4 is 11.7 Å². The third kappa shape index (κ3) is 2.88. The molecule has 96 valence electrons. The molecule has 0 aliphatic heterocycles. The first-order valence-corrected chi connectivity index (χ1v) is 6.26.